The van der Waals surface area contributed by atoms with E-state index in [9.17, 15) is 9.59 Å². The van der Waals surface area contributed by atoms with Crippen LogP contribution in [0.15, 0.2) is 28.6 Å². The van der Waals surface area contributed by atoms with Crippen LogP contribution < -0.4 is 5.56 Å². The minimum Gasteiger partial charge on any atom is -0.468 e. The van der Waals surface area contributed by atoms with Crippen molar-refractivity contribution >= 4 is 17.3 Å². The van der Waals surface area contributed by atoms with Crippen molar-refractivity contribution in [3.8, 4) is 0 Å². The molecule has 8 heteroatoms. The van der Waals surface area contributed by atoms with E-state index >= 15 is 0 Å². The lowest BCUT2D eigenvalue weighted by molar-refractivity contribution is -0.141. The maximum Gasteiger partial charge on any atom is 0.319 e. The summed E-state index contributed by atoms with van der Waals surface area (Å²) >= 11 is 1.70. The highest BCUT2D eigenvalue weighted by Crippen LogP contribution is 2.35. The number of rotatable bonds is 6. The van der Waals surface area contributed by atoms with E-state index in [0.29, 0.717) is 18.4 Å². The molecule has 0 unspecified atom stereocenters. The third-order valence-electron chi connectivity index (χ3n) is 5.69. The Labute approximate surface area is 168 Å². The van der Waals surface area contributed by atoms with E-state index in [0.717, 1.165) is 43.9 Å². The second kappa shape index (κ2) is 8.14. The summed E-state index contributed by atoms with van der Waals surface area (Å²) in [5.41, 5.74) is 3.85. The van der Waals surface area contributed by atoms with Gasteiger partial charge in [-0.15, -0.1) is 11.3 Å². The van der Waals surface area contributed by atoms with Crippen molar-refractivity contribution in [2.45, 2.75) is 32.0 Å². The minimum absolute atomic E-state index is 0.0832. The Morgan fingerprint density at radius 3 is 2.96 bits per heavy atom. The van der Waals surface area contributed by atoms with Crippen molar-refractivity contribution in [2.75, 3.05) is 33.8 Å². The number of hydrogen-bond acceptors (Lipinski definition) is 7. The van der Waals surface area contributed by atoms with E-state index in [1.54, 1.807) is 11.3 Å². The van der Waals surface area contributed by atoms with E-state index < -0.39 is 0 Å². The number of ether oxygens (including phenoxy) is 1. The van der Waals surface area contributed by atoms with E-state index in [-0.39, 0.29) is 18.1 Å². The van der Waals surface area contributed by atoms with Crippen LogP contribution in [0.25, 0.3) is 0 Å². The maximum absolute atomic E-state index is 13.1. The Bertz CT molecular complexity index is 895. The standard InChI is InChI=1S/C20H26N4O3S/c1-22(12-19(25)27-2)9-15-3-4-18-16-5-14(8-24(18)20(15)26)7-23(10-16)11-17-6-21-13-28-17/h3-4,6,13-14,16H,5,7-12H2,1-2H3/t14-,16+/m0/s1. The van der Waals surface area contributed by atoms with Crippen molar-refractivity contribution < 1.29 is 9.53 Å². The van der Waals surface area contributed by atoms with Crippen LogP contribution in [0.5, 0.6) is 0 Å². The number of likely N-dealkylation sites (tertiary alicyclic amines) is 1. The number of nitrogens with zero attached hydrogens (tertiary/aromatic N) is 4. The van der Waals surface area contributed by atoms with Crippen LogP contribution in [0.2, 0.25) is 0 Å². The maximum atomic E-state index is 13.1. The van der Waals surface area contributed by atoms with Gasteiger partial charge in [0, 0.05) is 61.0 Å². The lowest BCUT2D eigenvalue weighted by Crippen LogP contribution is -2.47. The van der Waals surface area contributed by atoms with E-state index in [4.69, 9.17) is 4.74 Å². The number of esters is 1. The first-order chi connectivity index (χ1) is 13.5. The zero-order chi connectivity index (χ0) is 19.7. The van der Waals surface area contributed by atoms with Crippen LogP contribution in [0.4, 0.5) is 0 Å². The Morgan fingerprint density at radius 1 is 1.36 bits per heavy atom. The van der Waals surface area contributed by atoms with Gasteiger partial charge in [-0.1, -0.05) is 6.07 Å². The molecular formula is C20H26N4O3S. The molecule has 2 aliphatic heterocycles. The Hall–Kier alpha value is -2.03. The summed E-state index contributed by atoms with van der Waals surface area (Å²) in [5, 5.41) is 0. The topological polar surface area (TPSA) is 67.7 Å². The number of likely N-dealkylation sites (N-methyl/N-ethyl adjacent to an activating group) is 1. The molecule has 0 N–H and O–H groups in total. The first-order valence-corrected chi connectivity index (χ1v) is 10.5. The molecule has 2 bridgehead atoms. The summed E-state index contributed by atoms with van der Waals surface area (Å²) in [7, 11) is 3.20. The van der Waals surface area contributed by atoms with Gasteiger partial charge >= 0.3 is 5.97 Å². The molecule has 4 heterocycles. The van der Waals surface area contributed by atoms with Crippen LogP contribution in [-0.4, -0.2) is 59.1 Å². The highest BCUT2D eigenvalue weighted by atomic mass is 32.1. The molecular weight excluding hydrogens is 376 g/mol. The van der Waals surface area contributed by atoms with Gasteiger partial charge in [0.15, 0.2) is 0 Å². The molecule has 1 saturated heterocycles. The van der Waals surface area contributed by atoms with Crippen molar-refractivity contribution in [1.29, 1.82) is 0 Å². The number of carbonyl (C=O) groups is 1. The highest BCUT2D eigenvalue weighted by Gasteiger charge is 2.35. The van der Waals surface area contributed by atoms with E-state index in [1.807, 2.05) is 34.3 Å². The van der Waals surface area contributed by atoms with E-state index in [2.05, 4.69) is 16.0 Å². The Balaban J connectivity index is 1.50. The average Bonchev–Trinajstić information content (AvgIpc) is 3.17. The third-order valence-corrected chi connectivity index (χ3v) is 6.45. The molecule has 0 aliphatic carbocycles. The Morgan fingerprint density at radius 2 is 2.21 bits per heavy atom. The van der Waals surface area contributed by atoms with Crippen LogP contribution in [-0.2, 0) is 29.2 Å². The minimum atomic E-state index is -0.295. The number of fused-ring (bicyclic) bond motifs is 4. The molecule has 2 aromatic rings. The summed E-state index contributed by atoms with van der Waals surface area (Å²) < 4.78 is 6.68. The quantitative estimate of drug-likeness (QED) is 0.683. The Kier molecular flexibility index (Phi) is 5.61. The molecule has 2 aliphatic rings. The predicted octanol–water partition coefficient (Wildman–Crippen LogP) is 1.53. The molecule has 150 valence electrons. The summed E-state index contributed by atoms with van der Waals surface area (Å²) in [6.45, 7) is 4.34. The monoisotopic (exact) mass is 402 g/mol. The molecule has 2 atom stereocenters. The van der Waals surface area contributed by atoms with Gasteiger partial charge in [0.05, 0.1) is 19.2 Å². The van der Waals surface area contributed by atoms with Gasteiger partial charge in [-0.25, -0.2) is 0 Å². The fourth-order valence-corrected chi connectivity index (χ4v) is 5.15. The number of pyridine rings is 1. The van der Waals surface area contributed by atoms with Crippen molar-refractivity contribution in [2.24, 2.45) is 5.92 Å². The largest absolute Gasteiger partial charge is 0.468 e. The smallest absolute Gasteiger partial charge is 0.319 e. The highest BCUT2D eigenvalue weighted by molar-refractivity contribution is 7.09. The average molecular weight is 403 g/mol. The normalized spacial score (nSPS) is 21.5. The first-order valence-electron chi connectivity index (χ1n) is 9.61. The number of thiazole rings is 1. The fourth-order valence-electron chi connectivity index (χ4n) is 4.51. The summed E-state index contributed by atoms with van der Waals surface area (Å²) in [5.74, 6) is 0.603. The van der Waals surface area contributed by atoms with Crippen LogP contribution >= 0.6 is 11.3 Å². The zero-order valence-corrected chi connectivity index (χ0v) is 17.2. The van der Waals surface area contributed by atoms with Crippen LogP contribution in [0, 0.1) is 5.92 Å². The van der Waals surface area contributed by atoms with Gasteiger partial charge < -0.3 is 9.30 Å². The lowest BCUT2D eigenvalue weighted by Gasteiger charge is -2.42. The molecule has 0 spiro atoms. The summed E-state index contributed by atoms with van der Waals surface area (Å²) in [6.07, 6.45) is 3.10. The fraction of sp³-hybridized carbons (Fsp3) is 0.550. The molecule has 1 fully saturated rings. The van der Waals surface area contributed by atoms with Gasteiger partial charge in [0.1, 0.15) is 0 Å². The number of piperidine rings is 1. The molecule has 0 amide bonds. The molecule has 28 heavy (non-hydrogen) atoms. The van der Waals surface area contributed by atoms with Gasteiger partial charge in [0.2, 0.25) is 0 Å². The number of methoxy groups -OCH3 is 1. The van der Waals surface area contributed by atoms with Crippen LogP contribution in [0.1, 0.15) is 28.5 Å². The number of carbonyl (C=O) groups excluding carboxylic acids is 1. The van der Waals surface area contributed by atoms with Gasteiger partial charge in [0.25, 0.3) is 5.56 Å². The number of hydrogen-bond donors (Lipinski definition) is 0. The van der Waals surface area contributed by atoms with Crippen LogP contribution in [0.3, 0.4) is 0 Å². The van der Waals surface area contributed by atoms with Gasteiger partial charge in [-0.05, 0) is 25.5 Å². The van der Waals surface area contributed by atoms with Crippen molar-refractivity contribution in [3.05, 3.63) is 50.3 Å². The SMILES string of the molecule is COC(=O)CN(C)Cc1ccc2n(c1=O)C[C@H]1C[C@@H]2CN(Cc2cncs2)C1. The van der Waals surface area contributed by atoms with E-state index in [1.165, 1.54) is 12.0 Å². The van der Waals surface area contributed by atoms with Crippen molar-refractivity contribution in [1.82, 2.24) is 19.4 Å². The first kappa shape index (κ1) is 19.3. The molecule has 2 aromatic heterocycles. The molecule has 0 aromatic carbocycles. The molecule has 0 saturated carbocycles. The third kappa shape index (κ3) is 4.04. The van der Waals surface area contributed by atoms with Gasteiger partial charge in [-0.2, -0.15) is 0 Å². The molecule has 4 rings (SSSR count). The summed E-state index contributed by atoms with van der Waals surface area (Å²) in [6, 6.07) is 4.05. The molecule has 0 radical (unpaired) electrons. The van der Waals surface area contributed by atoms with Gasteiger partial charge in [-0.3, -0.25) is 24.4 Å². The van der Waals surface area contributed by atoms with Crippen molar-refractivity contribution in [3.63, 3.8) is 0 Å². The second-order valence-corrected chi connectivity index (χ2v) is 8.88. The zero-order valence-electron chi connectivity index (χ0n) is 16.3. The second-order valence-electron chi connectivity index (χ2n) is 7.91. The predicted molar refractivity (Wildman–Crippen MR) is 107 cm³/mol. The summed E-state index contributed by atoms with van der Waals surface area (Å²) in [4.78, 5) is 34.3. The molecule has 7 nitrogen and oxygen atoms in total. The number of aromatic nitrogens is 2. The lowest BCUT2D eigenvalue weighted by atomic mass is 9.83.